The average molecular weight is 228 g/mol. The van der Waals surface area contributed by atoms with Crippen LogP contribution in [0.1, 0.15) is 5.56 Å². The predicted octanol–water partition coefficient (Wildman–Crippen LogP) is 2.91. The second-order valence-corrected chi connectivity index (χ2v) is 4.14. The van der Waals surface area contributed by atoms with E-state index in [1.807, 2.05) is 6.07 Å². The molecule has 1 aliphatic heterocycles. The maximum atomic E-state index is 10.7. The van der Waals surface area contributed by atoms with Gasteiger partial charge in [0.05, 0.1) is 0 Å². The molecule has 4 heteroatoms. The fourth-order valence-corrected chi connectivity index (χ4v) is 1.66. The lowest BCUT2D eigenvalue weighted by atomic mass is 10.1. The molecule has 0 saturated heterocycles. The smallest absolute Gasteiger partial charge is 0.187 e. The van der Waals surface area contributed by atoms with E-state index in [-0.39, 0.29) is 0 Å². The van der Waals surface area contributed by atoms with Gasteiger partial charge in [-0.15, -0.1) is 0 Å². The first-order valence-electron chi connectivity index (χ1n) is 4.05. The zero-order chi connectivity index (χ0) is 10.2. The molecule has 0 spiro atoms. The molecule has 1 atom stereocenters. The van der Waals surface area contributed by atoms with Crippen LogP contribution in [-0.2, 0) is 4.79 Å². The summed E-state index contributed by atoms with van der Waals surface area (Å²) in [5.74, 6) is 0. The van der Waals surface area contributed by atoms with Crippen molar-refractivity contribution in [3.63, 3.8) is 0 Å². The van der Waals surface area contributed by atoms with Gasteiger partial charge < -0.3 is 5.32 Å². The van der Waals surface area contributed by atoms with Gasteiger partial charge in [0.1, 0.15) is 0 Å². The normalized spacial score (nSPS) is 23.9. The number of anilines is 1. The highest BCUT2D eigenvalue weighted by molar-refractivity contribution is 6.35. The lowest BCUT2D eigenvalue weighted by molar-refractivity contribution is -0.108. The standard InChI is InChI=1S/C10H7Cl2NO/c11-8-1-2-9-7(5-8)3-4-10(12,6-14)13-9/h1-6,13H/t10-/m1/s1. The van der Waals surface area contributed by atoms with E-state index in [1.165, 1.54) is 0 Å². The fourth-order valence-electron chi connectivity index (χ4n) is 1.31. The number of aldehydes is 1. The number of nitrogens with one attached hydrogen (secondary N) is 1. The number of hydrogen-bond acceptors (Lipinski definition) is 2. The molecule has 1 heterocycles. The molecular weight excluding hydrogens is 221 g/mol. The van der Waals surface area contributed by atoms with E-state index in [9.17, 15) is 4.79 Å². The Bertz CT molecular complexity index is 417. The van der Waals surface area contributed by atoms with Crippen molar-refractivity contribution in [3.05, 3.63) is 34.9 Å². The molecule has 0 radical (unpaired) electrons. The molecule has 0 saturated carbocycles. The number of hydrogen-bond donors (Lipinski definition) is 1. The van der Waals surface area contributed by atoms with Crippen molar-refractivity contribution in [2.24, 2.45) is 0 Å². The van der Waals surface area contributed by atoms with Crippen LogP contribution in [0.3, 0.4) is 0 Å². The minimum absolute atomic E-state index is 0.655. The largest absolute Gasteiger partial charge is 0.357 e. The van der Waals surface area contributed by atoms with E-state index in [0.29, 0.717) is 11.3 Å². The Morgan fingerprint density at radius 3 is 2.93 bits per heavy atom. The zero-order valence-electron chi connectivity index (χ0n) is 7.13. The summed E-state index contributed by atoms with van der Waals surface area (Å²) in [4.78, 5) is 9.56. The van der Waals surface area contributed by atoms with E-state index in [2.05, 4.69) is 5.32 Å². The Labute approximate surface area is 91.5 Å². The molecule has 0 aliphatic carbocycles. The number of carbonyl (C=O) groups excluding carboxylic acids is 1. The van der Waals surface area contributed by atoms with Crippen molar-refractivity contribution in [2.75, 3.05) is 5.32 Å². The molecular formula is C10H7Cl2NO. The number of rotatable bonds is 1. The summed E-state index contributed by atoms with van der Waals surface area (Å²) >= 11 is 11.7. The van der Waals surface area contributed by atoms with Gasteiger partial charge in [-0.25, -0.2) is 0 Å². The molecule has 2 nitrogen and oxygen atoms in total. The Hall–Kier alpha value is -0.990. The molecule has 0 aromatic heterocycles. The maximum Gasteiger partial charge on any atom is 0.187 e. The SMILES string of the molecule is O=C[C@@]1(Cl)C=Cc2cc(Cl)ccc2N1. The van der Waals surface area contributed by atoms with Crippen molar-refractivity contribution in [1.29, 1.82) is 0 Å². The summed E-state index contributed by atoms with van der Waals surface area (Å²) in [5.41, 5.74) is 1.73. The topological polar surface area (TPSA) is 29.1 Å². The predicted molar refractivity (Wildman–Crippen MR) is 58.8 cm³/mol. The molecule has 0 unspecified atom stereocenters. The summed E-state index contributed by atoms with van der Waals surface area (Å²) in [6.45, 7) is 0. The molecule has 1 N–H and O–H groups in total. The van der Waals surface area contributed by atoms with Crippen LogP contribution in [0, 0.1) is 0 Å². The summed E-state index contributed by atoms with van der Waals surface area (Å²) in [5, 5.41) is 3.56. The van der Waals surface area contributed by atoms with Gasteiger partial charge in [-0.2, -0.15) is 0 Å². The first-order valence-corrected chi connectivity index (χ1v) is 4.81. The Balaban J connectivity index is 2.45. The van der Waals surface area contributed by atoms with Crippen LogP contribution in [0.2, 0.25) is 5.02 Å². The minimum Gasteiger partial charge on any atom is -0.357 e. The van der Waals surface area contributed by atoms with E-state index < -0.39 is 5.00 Å². The van der Waals surface area contributed by atoms with Gasteiger partial charge in [0.25, 0.3) is 0 Å². The summed E-state index contributed by atoms with van der Waals surface area (Å²) < 4.78 is 0. The Kier molecular flexibility index (Phi) is 2.25. The highest BCUT2D eigenvalue weighted by Crippen LogP contribution is 2.31. The van der Waals surface area contributed by atoms with Crippen LogP contribution in [0.25, 0.3) is 6.08 Å². The summed E-state index contributed by atoms with van der Waals surface area (Å²) in [6, 6.07) is 5.35. The van der Waals surface area contributed by atoms with Gasteiger partial charge in [-0.1, -0.05) is 29.3 Å². The number of carbonyl (C=O) groups is 1. The highest BCUT2D eigenvalue weighted by atomic mass is 35.5. The van der Waals surface area contributed by atoms with Crippen molar-refractivity contribution in [2.45, 2.75) is 5.00 Å². The lowest BCUT2D eigenvalue weighted by Crippen LogP contribution is -2.33. The first-order chi connectivity index (χ1) is 6.63. The quantitative estimate of drug-likeness (QED) is 0.455. The molecule has 1 aliphatic rings. The molecule has 1 aromatic carbocycles. The maximum absolute atomic E-state index is 10.7. The molecule has 0 amide bonds. The number of benzene rings is 1. The second-order valence-electron chi connectivity index (χ2n) is 3.08. The molecule has 14 heavy (non-hydrogen) atoms. The number of fused-ring (bicyclic) bond motifs is 1. The van der Waals surface area contributed by atoms with Gasteiger partial charge >= 0.3 is 0 Å². The fraction of sp³-hybridized carbons (Fsp3) is 0.100. The van der Waals surface area contributed by atoms with Crippen LogP contribution in [0.15, 0.2) is 24.3 Å². The first kappa shape index (κ1) is 9.56. The minimum atomic E-state index is -1.12. The van der Waals surface area contributed by atoms with Crippen molar-refractivity contribution in [1.82, 2.24) is 0 Å². The monoisotopic (exact) mass is 227 g/mol. The van der Waals surface area contributed by atoms with Crippen LogP contribution in [0.4, 0.5) is 5.69 Å². The Morgan fingerprint density at radius 1 is 1.43 bits per heavy atom. The van der Waals surface area contributed by atoms with E-state index >= 15 is 0 Å². The van der Waals surface area contributed by atoms with E-state index in [1.54, 1.807) is 24.3 Å². The number of alkyl halides is 1. The molecule has 0 bridgehead atoms. The van der Waals surface area contributed by atoms with Crippen LogP contribution >= 0.6 is 23.2 Å². The van der Waals surface area contributed by atoms with Gasteiger partial charge in [0.15, 0.2) is 11.3 Å². The molecule has 0 fully saturated rings. The third kappa shape index (κ3) is 1.63. The highest BCUT2D eigenvalue weighted by Gasteiger charge is 2.26. The van der Waals surface area contributed by atoms with E-state index in [4.69, 9.17) is 23.2 Å². The number of halogens is 2. The zero-order valence-corrected chi connectivity index (χ0v) is 8.64. The summed E-state index contributed by atoms with van der Waals surface area (Å²) in [6.07, 6.45) is 4.03. The van der Waals surface area contributed by atoms with Crippen LogP contribution in [0.5, 0.6) is 0 Å². The van der Waals surface area contributed by atoms with Crippen LogP contribution < -0.4 is 5.32 Å². The molecule has 1 aromatic rings. The van der Waals surface area contributed by atoms with Crippen molar-refractivity contribution in [3.8, 4) is 0 Å². The third-order valence-corrected chi connectivity index (χ3v) is 2.56. The lowest BCUT2D eigenvalue weighted by Gasteiger charge is -2.25. The van der Waals surface area contributed by atoms with Gasteiger partial charge in [-0.05, 0) is 29.8 Å². The van der Waals surface area contributed by atoms with Crippen molar-refractivity contribution >= 4 is 41.3 Å². The van der Waals surface area contributed by atoms with Crippen molar-refractivity contribution < 1.29 is 4.79 Å². The molecule has 2 rings (SSSR count). The average Bonchev–Trinajstić information content (AvgIpc) is 2.19. The van der Waals surface area contributed by atoms with Gasteiger partial charge in [0, 0.05) is 10.7 Å². The Morgan fingerprint density at radius 2 is 2.21 bits per heavy atom. The second kappa shape index (κ2) is 3.30. The van der Waals surface area contributed by atoms with Crippen LogP contribution in [-0.4, -0.2) is 11.3 Å². The molecule has 72 valence electrons. The van der Waals surface area contributed by atoms with E-state index in [0.717, 1.165) is 11.3 Å². The third-order valence-electron chi connectivity index (χ3n) is 2.02. The summed E-state index contributed by atoms with van der Waals surface area (Å²) in [7, 11) is 0. The van der Waals surface area contributed by atoms with Gasteiger partial charge in [0.2, 0.25) is 0 Å². The van der Waals surface area contributed by atoms with Gasteiger partial charge in [-0.3, -0.25) is 4.79 Å².